The zero-order valence-corrected chi connectivity index (χ0v) is 20.0. The quantitative estimate of drug-likeness (QED) is 0.680. The molecule has 0 radical (unpaired) electrons. The topological polar surface area (TPSA) is 97.7 Å². The maximum Gasteiger partial charge on any atom is 0.254 e. The highest BCUT2D eigenvalue weighted by molar-refractivity contribution is 7.89. The maximum absolute atomic E-state index is 12.5. The Hall–Kier alpha value is -2.65. The minimum Gasteiger partial charge on any atom is -0.486 e. The molecular formula is C23H31N3O5S. The smallest absolute Gasteiger partial charge is 0.254 e. The van der Waals surface area contributed by atoms with Crippen molar-refractivity contribution >= 4 is 15.9 Å². The number of carbonyl (C=O) groups excluding carboxylic acids is 1. The Balaban J connectivity index is 1.45. The Kier molecular flexibility index (Phi) is 6.80. The first-order valence-corrected chi connectivity index (χ1v) is 12.1. The van der Waals surface area contributed by atoms with Gasteiger partial charge in [-0.15, -0.1) is 0 Å². The molecule has 1 aliphatic rings. The second-order valence-electron chi connectivity index (χ2n) is 9.19. The van der Waals surface area contributed by atoms with Gasteiger partial charge >= 0.3 is 0 Å². The van der Waals surface area contributed by atoms with Gasteiger partial charge in [-0.3, -0.25) is 9.59 Å². The number of rotatable bonds is 7. The van der Waals surface area contributed by atoms with E-state index >= 15 is 0 Å². The molecule has 9 heteroatoms. The van der Waals surface area contributed by atoms with E-state index in [-0.39, 0.29) is 40.8 Å². The summed E-state index contributed by atoms with van der Waals surface area (Å²) >= 11 is 0. The summed E-state index contributed by atoms with van der Waals surface area (Å²) in [5, 5.41) is 0. The number of aromatic nitrogens is 1. The summed E-state index contributed by atoms with van der Waals surface area (Å²) in [5.74, 6) is 0.351. The normalized spacial score (nSPS) is 14.8. The Morgan fingerprint density at radius 2 is 1.78 bits per heavy atom. The Morgan fingerprint density at radius 3 is 2.34 bits per heavy atom. The highest BCUT2D eigenvalue weighted by Crippen LogP contribution is 2.23. The molecule has 0 bridgehead atoms. The van der Waals surface area contributed by atoms with Gasteiger partial charge in [-0.05, 0) is 36.1 Å². The summed E-state index contributed by atoms with van der Waals surface area (Å²) in [6.07, 6.45) is -0.111. The average Bonchev–Trinajstić information content (AvgIpc) is 2.67. The van der Waals surface area contributed by atoms with Crippen molar-refractivity contribution in [1.82, 2.24) is 14.2 Å². The molecule has 0 spiro atoms. The lowest BCUT2D eigenvalue weighted by Crippen LogP contribution is -2.56. The first-order valence-electron chi connectivity index (χ1n) is 10.6. The van der Waals surface area contributed by atoms with Crippen LogP contribution in [0.1, 0.15) is 38.4 Å². The third-order valence-corrected chi connectivity index (χ3v) is 7.12. The lowest BCUT2D eigenvalue weighted by Gasteiger charge is -2.39. The van der Waals surface area contributed by atoms with Crippen molar-refractivity contribution in [3.05, 3.63) is 58.0 Å². The van der Waals surface area contributed by atoms with E-state index in [1.54, 1.807) is 30.1 Å². The van der Waals surface area contributed by atoms with Crippen LogP contribution in [0.2, 0.25) is 0 Å². The fourth-order valence-electron chi connectivity index (χ4n) is 3.38. The second-order valence-corrected chi connectivity index (χ2v) is 11.0. The molecule has 2 aromatic rings. The molecule has 1 saturated heterocycles. The monoisotopic (exact) mass is 461 g/mol. The van der Waals surface area contributed by atoms with Crippen LogP contribution >= 0.6 is 0 Å². The summed E-state index contributed by atoms with van der Waals surface area (Å²) in [4.78, 5) is 26.0. The van der Waals surface area contributed by atoms with E-state index < -0.39 is 10.0 Å². The summed E-state index contributed by atoms with van der Waals surface area (Å²) in [6.45, 7) is 8.86. The minimum absolute atomic E-state index is 0.0259. The van der Waals surface area contributed by atoms with E-state index in [1.807, 2.05) is 19.1 Å². The van der Waals surface area contributed by atoms with Crippen LogP contribution in [0.3, 0.4) is 0 Å². The van der Waals surface area contributed by atoms with Crippen molar-refractivity contribution in [2.45, 2.75) is 50.5 Å². The van der Waals surface area contributed by atoms with Gasteiger partial charge in [-0.1, -0.05) is 32.9 Å². The van der Waals surface area contributed by atoms with E-state index in [1.165, 1.54) is 10.6 Å². The number of carbonyl (C=O) groups is 1. The second kappa shape index (κ2) is 9.07. The molecule has 2 heterocycles. The SMILES string of the molecule is Cc1cc(OC2CN(C(=O)CCNS(=O)(=O)c3ccc(C(C)(C)C)cc3)C2)cc(=O)n1C. The van der Waals surface area contributed by atoms with Gasteiger partial charge in [-0.2, -0.15) is 0 Å². The molecule has 32 heavy (non-hydrogen) atoms. The van der Waals surface area contributed by atoms with Crippen molar-refractivity contribution in [1.29, 1.82) is 0 Å². The van der Waals surface area contributed by atoms with E-state index in [0.29, 0.717) is 18.8 Å². The Bertz CT molecular complexity index is 1140. The fourth-order valence-corrected chi connectivity index (χ4v) is 4.41. The third-order valence-electron chi connectivity index (χ3n) is 5.64. The molecule has 1 fully saturated rings. The molecule has 0 atom stereocenters. The van der Waals surface area contributed by atoms with E-state index in [9.17, 15) is 18.0 Å². The van der Waals surface area contributed by atoms with Gasteiger partial charge in [0.05, 0.1) is 18.0 Å². The number of likely N-dealkylation sites (tertiary alicyclic amines) is 1. The molecule has 1 aromatic heterocycles. The van der Waals surface area contributed by atoms with E-state index in [2.05, 4.69) is 25.5 Å². The molecule has 1 aliphatic heterocycles. The number of nitrogens with one attached hydrogen (secondary N) is 1. The van der Waals surface area contributed by atoms with Crippen LogP contribution in [0.25, 0.3) is 0 Å². The Morgan fingerprint density at radius 1 is 1.16 bits per heavy atom. The zero-order chi connectivity index (χ0) is 23.7. The highest BCUT2D eigenvalue weighted by Gasteiger charge is 2.32. The average molecular weight is 462 g/mol. The third kappa shape index (κ3) is 5.58. The van der Waals surface area contributed by atoms with Crippen molar-refractivity contribution in [3.63, 3.8) is 0 Å². The molecule has 1 aromatic carbocycles. The number of hydrogen-bond donors (Lipinski definition) is 1. The summed E-state index contributed by atoms with van der Waals surface area (Å²) in [7, 11) is -1.98. The Labute approximate surface area is 189 Å². The number of sulfonamides is 1. The number of benzene rings is 1. The first kappa shape index (κ1) is 24.0. The predicted octanol–water partition coefficient (Wildman–Crippen LogP) is 1.95. The molecule has 1 N–H and O–H groups in total. The lowest BCUT2D eigenvalue weighted by molar-refractivity contribution is -0.139. The van der Waals surface area contributed by atoms with E-state index in [0.717, 1.165) is 11.3 Å². The van der Waals surface area contributed by atoms with Gasteiger partial charge in [-0.25, -0.2) is 13.1 Å². The minimum atomic E-state index is -3.67. The van der Waals surface area contributed by atoms with Crippen molar-refractivity contribution < 1.29 is 17.9 Å². The van der Waals surface area contributed by atoms with Crippen LogP contribution in [-0.2, 0) is 27.3 Å². The van der Waals surface area contributed by atoms with Gasteiger partial charge in [0, 0.05) is 31.8 Å². The van der Waals surface area contributed by atoms with E-state index in [4.69, 9.17) is 4.74 Å². The first-order chi connectivity index (χ1) is 14.9. The number of nitrogens with zero attached hydrogens (tertiary/aromatic N) is 2. The van der Waals surface area contributed by atoms with Crippen molar-refractivity contribution in [2.75, 3.05) is 19.6 Å². The highest BCUT2D eigenvalue weighted by atomic mass is 32.2. The molecular weight excluding hydrogens is 430 g/mol. The predicted molar refractivity (Wildman–Crippen MR) is 122 cm³/mol. The number of amides is 1. The van der Waals surface area contributed by atoms with Gasteiger partial charge in [0.1, 0.15) is 11.9 Å². The molecule has 0 unspecified atom stereocenters. The standard InChI is InChI=1S/C23H31N3O5S/c1-16-12-18(13-22(28)25(16)5)31-19-14-26(15-19)21(27)10-11-24-32(29,30)20-8-6-17(7-9-20)23(2,3)4/h6-9,12-13,19,24H,10-11,14-15H2,1-5H3. The summed E-state index contributed by atoms with van der Waals surface area (Å²) in [5.41, 5.74) is 1.63. The lowest BCUT2D eigenvalue weighted by atomic mass is 9.87. The maximum atomic E-state index is 12.5. The number of pyridine rings is 1. The molecule has 8 nitrogen and oxygen atoms in total. The summed E-state index contributed by atoms with van der Waals surface area (Å²) in [6, 6.07) is 10.0. The number of hydrogen-bond acceptors (Lipinski definition) is 5. The van der Waals surface area contributed by atoms with Crippen LogP contribution in [-0.4, -0.2) is 49.5 Å². The number of ether oxygens (including phenoxy) is 1. The fraction of sp³-hybridized carbons (Fsp3) is 0.478. The largest absolute Gasteiger partial charge is 0.486 e. The molecule has 0 saturated carbocycles. The molecule has 1 amide bonds. The molecule has 174 valence electrons. The molecule has 0 aliphatic carbocycles. The van der Waals surface area contributed by atoms with Gasteiger partial charge in [0.25, 0.3) is 5.56 Å². The van der Waals surface area contributed by atoms with Gasteiger partial charge in [0.2, 0.25) is 15.9 Å². The van der Waals surface area contributed by atoms with Crippen LogP contribution in [0.4, 0.5) is 0 Å². The van der Waals surface area contributed by atoms with Crippen LogP contribution in [0.15, 0.2) is 46.1 Å². The van der Waals surface area contributed by atoms with Crippen LogP contribution in [0.5, 0.6) is 5.75 Å². The van der Waals surface area contributed by atoms with Crippen molar-refractivity contribution in [3.8, 4) is 5.75 Å². The molecule has 3 rings (SSSR count). The number of aryl methyl sites for hydroxylation is 1. The van der Waals surface area contributed by atoms with Crippen LogP contribution in [0, 0.1) is 6.92 Å². The van der Waals surface area contributed by atoms with Crippen LogP contribution < -0.4 is 15.0 Å². The van der Waals surface area contributed by atoms with Gasteiger partial charge < -0.3 is 14.2 Å². The zero-order valence-electron chi connectivity index (χ0n) is 19.2. The van der Waals surface area contributed by atoms with Crippen molar-refractivity contribution in [2.24, 2.45) is 7.05 Å². The van der Waals surface area contributed by atoms with Gasteiger partial charge in [0.15, 0.2) is 0 Å². The summed E-state index contributed by atoms with van der Waals surface area (Å²) < 4.78 is 34.8.